The number of aliphatic hydroxyl groups is 1. The molecule has 2 atom stereocenters. The summed E-state index contributed by atoms with van der Waals surface area (Å²) in [5.41, 5.74) is 2.29. The third-order valence-corrected chi connectivity index (χ3v) is 2.20. The van der Waals surface area contributed by atoms with Crippen molar-refractivity contribution in [3.63, 3.8) is 0 Å². The maximum absolute atomic E-state index is 9.33. The van der Waals surface area contributed by atoms with Crippen LogP contribution in [0.2, 0.25) is 0 Å². The second-order valence-electron chi connectivity index (χ2n) is 3.31. The minimum atomic E-state index is -0.358. The van der Waals surface area contributed by atoms with Gasteiger partial charge in [-0.25, -0.2) is 0 Å². The fraction of sp³-hybridized carbons (Fsp3) is 0.400. The molecule has 2 heteroatoms. The molecule has 1 heterocycles. The van der Waals surface area contributed by atoms with Crippen LogP contribution in [0.25, 0.3) is 0 Å². The largest absolute Gasteiger partial charge is 0.389 e. The molecular formula is C10H13NO. The van der Waals surface area contributed by atoms with Crippen LogP contribution in [-0.2, 0) is 0 Å². The van der Waals surface area contributed by atoms with Gasteiger partial charge in [0.05, 0.1) is 6.10 Å². The van der Waals surface area contributed by atoms with Gasteiger partial charge in [-0.1, -0.05) is 24.3 Å². The predicted octanol–water partition coefficient (Wildman–Crippen LogP) is 1.38. The molecule has 2 nitrogen and oxygen atoms in total. The highest BCUT2D eigenvalue weighted by Crippen LogP contribution is 2.24. The van der Waals surface area contributed by atoms with E-state index in [1.54, 1.807) is 6.92 Å². The first-order valence-electron chi connectivity index (χ1n) is 4.28. The molecule has 2 unspecified atom stereocenters. The van der Waals surface area contributed by atoms with E-state index < -0.39 is 0 Å². The first-order valence-corrected chi connectivity index (χ1v) is 4.28. The van der Waals surface area contributed by atoms with Crippen molar-refractivity contribution < 1.29 is 5.11 Å². The van der Waals surface area contributed by atoms with E-state index in [0.717, 1.165) is 12.1 Å². The first kappa shape index (κ1) is 7.77. The monoisotopic (exact) mass is 163 g/mol. The summed E-state index contributed by atoms with van der Waals surface area (Å²) in [6.07, 6.45) is -0.358. The molecule has 0 aromatic heterocycles. The summed E-state index contributed by atoms with van der Waals surface area (Å²) in [6, 6.07) is 8.64. The van der Waals surface area contributed by atoms with Crippen LogP contribution < -0.4 is 5.32 Å². The van der Waals surface area contributed by atoms with Crippen molar-refractivity contribution in [2.24, 2.45) is 0 Å². The summed E-state index contributed by atoms with van der Waals surface area (Å²) >= 11 is 0. The zero-order valence-electron chi connectivity index (χ0n) is 7.12. The van der Waals surface area contributed by atoms with Crippen LogP contribution in [-0.4, -0.2) is 11.7 Å². The maximum atomic E-state index is 9.33. The smallest absolute Gasteiger partial charge is 0.0762 e. The summed E-state index contributed by atoms with van der Waals surface area (Å²) in [6.45, 7) is 2.86. The number of nitrogens with one attached hydrogen (secondary N) is 1. The Kier molecular flexibility index (Phi) is 1.87. The Bertz CT molecular complexity index is 262. The molecule has 1 aromatic rings. The highest BCUT2D eigenvalue weighted by atomic mass is 16.3. The molecule has 0 amide bonds. The van der Waals surface area contributed by atoms with E-state index in [1.807, 2.05) is 12.1 Å². The van der Waals surface area contributed by atoms with Gasteiger partial charge in [0.15, 0.2) is 0 Å². The van der Waals surface area contributed by atoms with E-state index in [4.69, 9.17) is 0 Å². The minimum Gasteiger partial charge on any atom is -0.389 e. The zero-order valence-corrected chi connectivity index (χ0v) is 7.12. The molecule has 1 saturated heterocycles. The molecule has 1 aliphatic heterocycles. The molecule has 64 valence electrons. The highest BCUT2D eigenvalue weighted by Gasteiger charge is 2.22. The highest BCUT2D eigenvalue weighted by molar-refractivity contribution is 5.29. The maximum Gasteiger partial charge on any atom is 0.0762 e. The fourth-order valence-corrected chi connectivity index (χ4v) is 1.33. The lowest BCUT2D eigenvalue weighted by Gasteiger charge is -2.05. The Morgan fingerprint density at radius 2 is 2.33 bits per heavy atom. The lowest BCUT2D eigenvalue weighted by molar-refractivity contribution is 0.199. The molecule has 0 aliphatic carbocycles. The van der Waals surface area contributed by atoms with E-state index in [1.165, 1.54) is 5.56 Å². The fourth-order valence-electron chi connectivity index (χ4n) is 1.33. The molecule has 2 rings (SSSR count). The van der Waals surface area contributed by atoms with Crippen molar-refractivity contribution in [1.29, 1.82) is 0 Å². The molecule has 1 fully saturated rings. The summed E-state index contributed by atoms with van der Waals surface area (Å²) in [7, 11) is 0. The third-order valence-electron chi connectivity index (χ3n) is 2.20. The summed E-state index contributed by atoms with van der Waals surface area (Å²) in [5.74, 6) is 0. The molecular weight excluding hydrogens is 150 g/mol. The van der Waals surface area contributed by atoms with Gasteiger partial charge in [0.1, 0.15) is 0 Å². The van der Waals surface area contributed by atoms with Crippen LogP contribution in [0.4, 0.5) is 0 Å². The van der Waals surface area contributed by atoms with Crippen molar-refractivity contribution in [1.82, 2.24) is 5.32 Å². The van der Waals surface area contributed by atoms with Gasteiger partial charge >= 0.3 is 0 Å². The molecule has 1 aromatic carbocycles. The number of benzene rings is 1. The number of hydrogen-bond acceptors (Lipinski definition) is 2. The average Bonchev–Trinajstić information content (AvgIpc) is 2.87. The Morgan fingerprint density at radius 1 is 1.58 bits per heavy atom. The molecule has 2 N–H and O–H groups in total. The second kappa shape index (κ2) is 2.88. The van der Waals surface area contributed by atoms with Crippen molar-refractivity contribution in [3.05, 3.63) is 35.4 Å². The number of aliphatic hydroxyl groups excluding tert-OH is 1. The van der Waals surface area contributed by atoms with Gasteiger partial charge in [0, 0.05) is 12.6 Å². The lowest BCUT2D eigenvalue weighted by Crippen LogP contribution is -1.92. The lowest BCUT2D eigenvalue weighted by atomic mass is 10.1. The van der Waals surface area contributed by atoms with E-state index in [2.05, 4.69) is 17.4 Å². The molecule has 0 spiro atoms. The van der Waals surface area contributed by atoms with Crippen LogP contribution in [0.15, 0.2) is 24.3 Å². The number of hydrogen-bond donors (Lipinski definition) is 2. The van der Waals surface area contributed by atoms with E-state index >= 15 is 0 Å². The van der Waals surface area contributed by atoms with Gasteiger partial charge < -0.3 is 10.4 Å². The zero-order chi connectivity index (χ0) is 8.55. The predicted molar refractivity (Wildman–Crippen MR) is 47.8 cm³/mol. The van der Waals surface area contributed by atoms with Crippen molar-refractivity contribution >= 4 is 0 Å². The quantitative estimate of drug-likeness (QED) is 0.647. The Labute approximate surface area is 72.2 Å². The van der Waals surface area contributed by atoms with Gasteiger partial charge in [-0.05, 0) is 18.1 Å². The van der Waals surface area contributed by atoms with Gasteiger partial charge in [-0.15, -0.1) is 0 Å². The van der Waals surface area contributed by atoms with Crippen LogP contribution >= 0.6 is 0 Å². The van der Waals surface area contributed by atoms with Gasteiger partial charge in [-0.3, -0.25) is 0 Å². The van der Waals surface area contributed by atoms with Crippen molar-refractivity contribution in [3.8, 4) is 0 Å². The first-order chi connectivity index (χ1) is 5.77. The molecule has 1 aliphatic rings. The summed E-state index contributed by atoms with van der Waals surface area (Å²) in [4.78, 5) is 0. The molecule has 0 saturated carbocycles. The standard InChI is InChI=1S/C10H13NO/c1-7(12)8-3-2-4-9(5-8)10-6-11-10/h2-5,7,10-12H,6H2,1H3. The van der Waals surface area contributed by atoms with Crippen molar-refractivity contribution in [2.75, 3.05) is 6.54 Å². The van der Waals surface area contributed by atoms with Crippen LogP contribution in [0.3, 0.4) is 0 Å². The molecule has 12 heavy (non-hydrogen) atoms. The van der Waals surface area contributed by atoms with Crippen LogP contribution in [0, 0.1) is 0 Å². The SMILES string of the molecule is CC(O)c1cccc(C2CN2)c1. The van der Waals surface area contributed by atoms with E-state index in [9.17, 15) is 5.11 Å². The minimum absolute atomic E-state index is 0.358. The molecule has 0 radical (unpaired) electrons. The third kappa shape index (κ3) is 1.49. The van der Waals surface area contributed by atoms with Crippen LogP contribution in [0.1, 0.15) is 30.2 Å². The normalized spacial score (nSPS) is 23.7. The summed E-state index contributed by atoms with van der Waals surface area (Å²) < 4.78 is 0. The van der Waals surface area contributed by atoms with Gasteiger partial charge in [0.2, 0.25) is 0 Å². The second-order valence-corrected chi connectivity index (χ2v) is 3.31. The van der Waals surface area contributed by atoms with Crippen molar-refractivity contribution in [2.45, 2.75) is 19.1 Å². The molecule has 0 bridgehead atoms. The topological polar surface area (TPSA) is 42.2 Å². The Morgan fingerprint density at radius 3 is 2.92 bits per heavy atom. The Hall–Kier alpha value is -0.860. The van der Waals surface area contributed by atoms with Gasteiger partial charge in [0.25, 0.3) is 0 Å². The average molecular weight is 163 g/mol. The van der Waals surface area contributed by atoms with Gasteiger partial charge in [-0.2, -0.15) is 0 Å². The van der Waals surface area contributed by atoms with E-state index in [0.29, 0.717) is 6.04 Å². The van der Waals surface area contributed by atoms with Crippen LogP contribution in [0.5, 0.6) is 0 Å². The Balaban J connectivity index is 2.26. The summed E-state index contributed by atoms with van der Waals surface area (Å²) in [5, 5.41) is 12.6. The van der Waals surface area contributed by atoms with E-state index in [-0.39, 0.29) is 6.10 Å². The number of rotatable bonds is 2.